The van der Waals surface area contributed by atoms with E-state index in [4.69, 9.17) is 5.11 Å². The number of likely N-dealkylation sites (tertiary alicyclic amines) is 2. The van der Waals surface area contributed by atoms with Gasteiger partial charge in [0.15, 0.2) is 0 Å². The first-order valence-corrected chi connectivity index (χ1v) is 6.39. The van der Waals surface area contributed by atoms with E-state index in [0.29, 0.717) is 25.9 Å². The number of carbonyl (C=O) groups is 3. The Labute approximate surface area is 106 Å². The van der Waals surface area contributed by atoms with E-state index in [-0.39, 0.29) is 18.4 Å². The van der Waals surface area contributed by atoms with Crippen molar-refractivity contribution in [1.82, 2.24) is 9.80 Å². The van der Waals surface area contributed by atoms with E-state index in [1.54, 1.807) is 4.90 Å². The maximum atomic E-state index is 12.0. The number of nitrogens with zero attached hydrogens (tertiary/aromatic N) is 2. The summed E-state index contributed by atoms with van der Waals surface area (Å²) in [4.78, 5) is 37.6. The molecule has 1 atom stereocenters. The number of piperidine rings is 1. The molecular formula is C12H18N2O4. The summed E-state index contributed by atoms with van der Waals surface area (Å²) in [5.41, 5.74) is 0. The van der Waals surface area contributed by atoms with Gasteiger partial charge < -0.3 is 14.9 Å². The molecule has 0 aromatic heterocycles. The third kappa shape index (κ3) is 2.63. The average molecular weight is 254 g/mol. The lowest BCUT2D eigenvalue weighted by molar-refractivity contribution is -0.150. The van der Waals surface area contributed by atoms with Gasteiger partial charge in [-0.05, 0) is 25.7 Å². The first kappa shape index (κ1) is 12.9. The Morgan fingerprint density at radius 2 is 2.00 bits per heavy atom. The summed E-state index contributed by atoms with van der Waals surface area (Å²) in [5.74, 6) is -1.19. The van der Waals surface area contributed by atoms with Gasteiger partial charge in [0.2, 0.25) is 11.8 Å². The Hall–Kier alpha value is -1.59. The van der Waals surface area contributed by atoms with Gasteiger partial charge in [-0.3, -0.25) is 9.59 Å². The third-order valence-electron chi connectivity index (χ3n) is 3.61. The van der Waals surface area contributed by atoms with E-state index < -0.39 is 12.0 Å². The molecule has 6 heteroatoms. The molecule has 2 heterocycles. The molecule has 2 amide bonds. The minimum Gasteiger partial charge on any atom is -0.480 e. The highest BCUT2D eigenvalue weighted by Gasteiger charge is 2.35. The maximum Gasteiger partial charge on any atom is 0.326 e. The molecule has 0 aromatic rings. The number of carbonyl (C=O) groups excluding carboxylic acids is 2. The summed E-state index contributed by atoms with van der Waals surface area (Å²) in [6, 6.07) is -0.711. The summed E-state index contributed by atoms with van der Waals surface area (Å²) in [6.07, 6.45) is 3.52. The van der Waals surface area contributed by atoms with Crippen LogP contribution in [0.3, 0.4) is 0 Å². The van der Waals surface area contributed by atoms with Crippen LogP contribution in [0.1, 0.15) is 32.1 Å². The van der Waals surface area contributed by atoms with Crippen molar-refractivity contribution < 1.29 is 19.5 Å². The summed E-state index contributed by atoms with van der Waals surface area (Å²) in [6.45, 7) is 1.12. The zero-order valence-electron chi connectivity index (χ0n) is 10.3. The fourth-order valence-electron chi connectivity index (χ4n) is 2.60. The standard InChI is InChI=1S/C12H18N2O4/c15-10-5-1-2-6-13(10)8-11(16)14-7-3-4-9(14)12(17)18/h9H,1-8H2,(H,17,18)/t9-/m0/s1. The van der Waals surface area contributed by atoms with Gasteiger partial charge in [-0.25, -0.2) is 4.79 Å². The lowest BCUT2D eigenvalue weighted by Gasteiger charge is -2.29. The summed E-state index contributed by atoms with van der Waals surface area (Å²) in [5, 5.41) is 9.02. The topological polar surface area (TPSA) is 77.9 Å². The lowest BCUT2D eigenvalue weighted by Crippen LogP contribution is -2.48. The molecule has 2 aliphatic rings. The van der Waals surface area contributed by atoms with Crippen LogP contribution in [0.25, 0.3) is 0 Å². The number of rotatable bonds is 3. The number of carboxylic acids is 1. The van der Waals surface area contributed by atoms with Crippen LogP contribution in [0.15, 0.2) is 0 Å². The first-order chi connectivity index (χ1) is 8.59. The normalized spacial score (nSPS) is 24.4. The number of amides is 2. The zero-order valence-corrected chi connectivity index (χ0v) is 10.3. The van der Waals surface area contributed by atoms with Crippen molar-refractivity contribution in [2.45, 2.75) is 38.1 Å². The molecule has 100 valence electrons. The van der Waals surface area contributed by atoms with E-state index in [0.717, 1.165) is 19.3 Å². The third-order valence-corrected chi connectivity index (χ3v) is 3.61. The highest BCUT2D eigenvalue weighted by Crippen LogP contribution is 2.18. The van der Waals surface area contributed by atoms with Crippen LogP contribution in [0.5, 0.6) is 0 Å². The van der Waals surface area contributed by atoms with Crippen LogP contribution in [-0.2, 0) is 14.4 Å². The van der Waals surface area contributed by atoms with Crippen molar-refractivity contribution in [3.8, 4) is 0 Å². The molecular weight excluding hydrogens is 236 g/mol. The van der Waals surface area contributed by atoms with Gasteiger partial charge >= 0.3 is 5.97 Å². The van der Waals surface area contributed by atoms with Gasteiger partial charge in [-0.2, -0.15) is 0 Å². The minimum absolute atomic E-state index is 0.000622. The predicted octanol–water partition coefficient (Wildman–Crippen LogP) is 0.0745. The SMILES string of the molecule is O=C(O)[C@@H]1CCCN1C(=O)CN1CCCCC1=O. The number of hydrogen-bond donors (Lipinski definition) is 1. The molecule has 0 unspecified atom stereocenters. The average Bonchev–Trinajstić information content (AvgIpc) is 2.81. The second-order valence-corrected chi connectivity index (χ2v) is 4.86. The number of hydrogen-bond acceptors (Lipinski definition) is 3. The molecule has 0 saturated carbocycles. The van der Waals surface area contributed by atoms with Crippen LogP contribution < -0.4 is 0 Å². The molecule has 0 aromatic carbocycles. The van der Waals surface area contributed by atoms with Crippen LogP contribution >= 0.6 is 0 Å². The number of aliphatic carboxylic acids is 1. The van der Waals surface area contributed by atoms with Crippen molar-refractivity contribution in [2.24, 2.45) is 0 Å². The quantitative estimate of drug-likeness (QED) is 0.773. The maximum absolute atomic E-state index is 12.0. The van der Waals surface area contributed by atoms with Crippen LogP contribution in [0, 0.1) is 0 Å². The molecule has 18 heavy (non-hydrogen) atoms. The first-order valence-electron chi connectivity index (χ1n) is 6.39. The van der Waals surface area contributed by atoms with Crippen molar-refractivity contribution in [1.29, 1.82) is 0 Å². The Morgan fingerprint density at radius 3 is 2.67 bits per heavy atom. The van der Waals surface area contributed by atoms with Crippen molar-refractivity contribution in [2.75, 3.05) is 19.6 Å². The predicted molar refractivity (Wildman–Crippen MR) is 62.8 cm³/mol. The molecule has 0 spiro atoms. The van der Waals surface area contributed by atoms with E-state index >= 15 is 0 Å². The second kappa shape index (κ2) is 5.37. The van der Waals surface area contributed by atoms with Crippen LogP contribution in [0.2, 0.25) is 0 Å². The Kier molecular flexibility index (Phi) is 3.84. The largest absolute Gasteiger partial charge is 0.480 e. The number of carboxylic acid groups (broad SMARTS) is 1. The van der Waals surface area contributed by atoms with E-state index in [2.05, 4.69) is 0 Å². The highest BCUT2D eigenvalue weighted by molar-refractivity contribution is 5.88. The fourth-order valence-corrected chi connectivity index (χ4v) is 2.60. The van der Waals surface area contributed by atoms with Crippen molar-refractivity contribution in [3.63, 3.8) is 0 Å². The minimum atomic E-state index is -0.953. The van der Waals surface area contributed by atoms with Gasteiger partial charge in [0, 0.05) is 19.5 Å². The fraction of sp³-hybridized carbons (Fsp3) is 0.750. The molecule has 0 radical (unpaired) electrons. The van der Waals surface area contributed by atoms with E-state index in [1.165, 1.54) is 4.90 Å². The smallest absolute Gasteiger partial charge is 0.326 e. The molecule has 0 bridgehead atoms. The Morgan fingerprint density at radius 1 is 1.22 bits per heavy atom. The molecule has 2 saturated heterocycles. The highest BCUT2D eigenvalue weighted by atomic mass is 16.4. The van der Waals surface area contributed by atoms with Gasteiger partial charge in [-0.1, -0.05) is 0 Å². The van der Waals surface area contributed by atoms with E-state index in [9.17, 15) is 14.4 Å². The Balaban J connectivity index is 1.94. The molecule has 6 nitrogen and oxygen atoms in total. The molecule has 1 N–H and O–H groups in total. The van der Waals surface area contributed by atoms with Gasteiger partial charge in [-0.15, -0.1) is 0 Å². The molecule has 2 rings (SSSR count). The Bertz CT molecular complexity index is 369. The zero-order chi connectivity index (χ0) is 13.1. The van der Waals surface area contributed by atoms with E-state index in [1.807, 2.05) is 0 Å². The second-order valence-electron chi connectivity index (χ2n) is 4.86. The summed E-state index contributed by atoms with van der Waals surface area (Å²) < 4.78 is 0. The summed E-state index contributed by atoms with van der Waals surface area (Å²) in [7, 11) is 0. The molecule has 2 aliphatic heterocycles. The van der Waals surface area contributed by atoms with Crippen LogP contribution in [-0.4, -0.2) is 58.4 Å². The van der Waals surface area contributed by atoms with Crippen LogP contribution in [0.4, 0.5) is 0 Å². The molecule has 0 aliphatic carbocycles. The van der Waals surface area contributed by atoms with Crippen molar-refractivity contribution in [3.05, 3.63) is 0 Å². The summed E-state index contributed by atoms with van der Waals surface area (Å²) >= 11 is 0. The monoisotopic (exact) mass is 254 g/mol. The lowest BCUT2D eigenvalue weighted by atomic mass is 10.1. The van der Waals surface area contributed by atoms with Gasteiger partial charge in [0.05, 0.1) is 6.54 Å². The van der Waals surface area contributed by atoms with Gasteiger partial charge in [0.25, 0.3) is 0 Å². The molecule has 2 fully saturated rings. The van der Waals surface area contributed by atoms with Crippen molar-refractivity contribution >= 4 is 17.8 Å². The van der Waals surface area contributed by atoms with Gasteiger partial charge in [0.1, 0.15) is 6.04 Å².